The van der Waals surface area contributed by atoms with Crippen LogP contribution in [0.15, 0.2) is 66.7 Å². The van der Waals surface area contributed by atoms with Gasteiger partial charge in [0, 0.05) is 10.9 Å². The molecule has 0 saturated carbocycles. The number of rotatable bonds is 8. The van der Waals surface area contributed by atoms with E-state index in [1.165, 1.54) is 0 Å². The Morgan fingerprint density at radius 2 is 1.59 bits per heavy atom. The van der Waals surface area contributed by atoms with Crippen molar-refractivity contribution in [3.05, 3.63) is 94.0 Å². The first-order valence-corrected chi connectivity index (χ1v) is 13.2. The molecule has 1 aliphatic carbocycles. The van der Waals surface area contributed by atoms with Crippen LogP contribution in [0.25, 0.3) is 11.1 Å². The molecule has 0 spiro atoms. The van der Waals surface area contributed by atoms with Crippen LogP contribution >= 0.6 is 11.6 Å². The highest BCUT2D eigenvalue weighted by Crippen LogP contribution is 2.44. The number of fused-ring (bicyclic) bond motifs is 3. The van der Waals surface area contributed by atoms with Gasteiger partial charge in [-0.25, -0.2) is 9.59 Å². The molecule has 1 amide bonds. The van der Waals surface area contributed by atoms with E-state index in [0.717, 1.165) is 39.8 Å². The van der Waals surface area contributed by atoms with Crippen LogP contribution in [-0.2, 0) is 27.1 Å². The highest BCUT2D eigenvalue weighted by atomic mass is 35.5. The van der Waals surface area contributed by atoms with Gasteiger partial charge in [-0.1, -0.05) is 79.2 Å². The minimum Gasteiger partial charge on any atom is -0.458 e. The summed E-state index contributed by atoms with van der Waals surface area (Å²) in [5, 5.41) is 3.46. The molecule has 0 unspecified atom stereocenters. The SMILES string of the molecule is CCc1ccc(CC[C@H](NC(=O)OCC2c3ccccc3-c3ccccc32)C(=O)OC(C)(C)C)cc1Cl. The summed E-state index contributed by atoms with van der Waals surface area (Å²) >= 11 is 6.37. The van der Waals surface area contributed by atoms with E-state index in [-0.39, 0.29) is 12.5 Å². The summed E-state index contributed by atoms with van der Waals surface area (Å²) in [6, 6.07) is 21.4. The number of halogens is 1. The van der Waals surface area contributed by atoms with Crippen molar-refractivity contribution in [3.8, 4) is 11.1 Å². The molecule has 1 aliphatic rings. The summed E-state index contributed by atoms with van der Waals surface area (Å²) < 4.78 is 11.3. The van der Waals surface area contributed by atoms with Crippen LogP contribution < -0.4 is 5.32 Å². The predicted molar refractivity (Wildman–Crippen MR) is 147 cm³/mol. The van der Waals surface area contributed by atoms with Crippen LogP contribution in [0.4, 0.5) is 4.79 Å². The van der Waals surface area contributed by atoms with Gasteiger partial charge in [0.2, 0.25) is 0 Å². The van der Waals surface area contributed by atoms with E-state index in [0.29, 0.717) is 17.9 Å². The van der Waals surface area contributed by atoms with Crippen molar-refractivity contribution < 1.29 is 19.1 Å². The second-order valence-corrected chi connectivity index (χ2v) is 10.8. The highest BCUT2D eigenvalue weighted by Gasteiger charge is 2.31. The summed E-state index contributed by atoms with van der Waals surface area (Å²) in [4.78, 5) is 25.8. The summed E-state index contributed by atoms with van der Waals surface area (Å²) in [5.74, 6) is -0.547. The number of aryl methyl sites for hydroxylation is 2. The van der Waals surface area contributed by atoms with E-state index in [2.05, 4.69) is 36.5 Å². The van der Waals surface area contributed by atoms with Crippen molar-refractivity contribution in [2.24, 2.45) is 0 Å². The Bertz CT molecular complexity index is 1230. The Kier molecular flexibility index (Phi) is 8.23. The fourth-order valence-corrected chi connectivity index (χ4v) is 5.09. The van der Waals surface area contributed by atoms with Gasteiger partial charge in [0.1, 0.15) is 18.2 Å². The first-order chi connectivity index (χ1) is 17.7. The van der Waals surface area contributed by atoms with Crippen molar-refractivity contribution in [2.45, 2.75) is 64.5 Å². The molecule has 1 N–H and O–H groups in total. The third-order valence-corrected chi connectivity index (χ3v) is 6.90. The molecular weight excluding hydrogens is 486 g/mol. The second-order valence-electron chi connectivity index (χ2n) is 10.4. The number of hydrogen-bond acceptors (Lipinski definition) is 4. The third-order valence-electron chi connectivity index (χ3n) is 6.55. The molecule has 5 nitrogen and oxygen atoms in total. The maximum atomic E-state index is 13.0. The van der Waals surface area contributed by atoms with Gasteiger partial charge in [-0.15, -0.1) is 0 Å². The fourth-order valence-electron chi connectivity index (χ4n) is 4.75. The number of benzene rings is 3. The number of amides is 1. The Morgan fingerprint density at radius 1 is 0.973 bits per heavy atom. The maximum Gasteiger partial charge on any atom is 0.407 e. The zero-order chi connectivity index (χ0) is 26.6. The quantitative estimate of drug-likeness (QED) is 0.323. The molecule has 0 aromatic heterocycles. The Morgan fingerprint density at radius 3 is 2.16 bits per heavy atom. The number of esters is 1. The first kappa shape index (κ1) is 26.7. The summed E-state index contributed by atoms with van der Waals surface area (Å²) in [7, 11) is 0. The van der Waals surface area contributed by atoms with Crippen molar-refractivity contribution in [1.29, 1.82) is 0 Å². The number of hydrogen-bond donors (Lipinski definition) is 1. The third kappa shape index (κ3) is 6.53. The maximum absolute atomic E-state index is 13.0. The lowest BCUT2D eigenvalue weighted by molar-refractivity contribution is -0.157. The summed E-state index contributed by atoms with van der Waals surface area (Å²) in [6.07, 6.45) is 1.12. The topological polar surface area (TPSA) is 64.6 Å². The Labute approximate surface area is 224 Å². The van der Waals surface area contributed by atoms with Crippen LogP contribution in [0.1, 0.15) is 62.3 Å². The molecule has 0 radical (unpaired) electrons. The van der Waals surface area contributed by atoms with E-state index in [4.69, 9.17) is 21.1 Å². The number of ether oxygens (including phenoxy) is 2. The predicted octanol–water partition coefficient (Wildman–Crippen LogP) is 7.08. The Hall–Kier alpha value is -3.31. The van der Waals surface area contributed by atoms with Crippen LogP contribution in [-0.4, -0.2) is 30.3 Å². The van der Waals surface area contributed by atoms with Crippen LogP contribution in [0.2, 0.25) is 5.02 Å². The first-order valence-electron chi connectivity index (χ1n) is 12.8. The standard InChI is InChI=1S/C31H34ClNO4/c1-5-21-16-14-20(18-27(21)32)15-17-28(29(34)37-31(2,3)4)33-30(35)36-19-26-24-12-8-6-10-22(24)23-11-7-9-13-25(23)26/h6-14,16,18,26,28H,5,15,17,19H2,1-4H3,(H,33,35)/t28-/m0/s1. The van der Waals surface area contributed by atoms with Gasteiger partial charge in [0.25, 0.3) is 0 Å². The summed E-state index contributed by atoms with van der Waals surface area (Å²) in [6.45, 7) is 7.64. The lowest BCUT2D eigenvalue weighted by Crippen LogP contribution is -2.45. The minimum atomic E-state index is -0.848. The van der Waals surface area contributed by atoms with E-state index in [9.17, 15) is 9.59 Å². The lowest BCUT2D eigenvalue weighted by atomic mass is 9.98. The van der Waals surface area contributed by atoms with E-state index >= 15 is 0 Å². The molecule has 0 saturated heterocycles. The number of alkyl carbamates (subject to hydrolysis) is 1. The van der Waals surface area contributed by atoms with E-state index in [1.807, 2.05) is 42.5 Å². The molecule has 1 atom stereocenters. The second kappa shape index (κ2) is 11.4. The smallest absolute Gasteiger partial charge is 0.407 e. The van der Waals surface area contributed by atoms with Gasteiger partial charge < -0.3 is 14.8 Å². The van der Waals surface area contributed by atoms with Crippen LogP contribution in [0.5, 0.6) is 0 Å². The molecule has 0 bridgehead atoms. The average molecular weight is 520 g/mol. The van der Waals surface area contributed by atoms with Crippen molar-refractivity contribution in [2.75, 3.05) is 6.61 Å². The molecule has 37 heavy (non-hydrogen) atoms. The number of carbonyl (C=O) groups is 2. The van der Waals surface area contributed by atoms with Crippen molar-refractivity contribution in [3.63, 3.8) is 0 Å². The van der Waals surface area contributed by atoms with Gasteiger partial charge in [0.15, 0.2) is 0 Å². The fraction of sp³-hybridized carbons (Fsp3) is 0.355. The zero-order valence-electron chi connectivity index (χ0n) is 21.8. The van der Waals surface area contributed by atoms with Crippen molar-refractivity contribution in [1.82, 2.24) is 5.32 Å². The van der Waals surface area contributed by atoms with Crippen molar-refractivity contribution >= 4 is 23.7 Å². The molecule has 4 rings (SSSR count). The van der Waals surface area contributed by atoms with Crippen LogP contribution in [0, 0.1) is 0 Å². The van der Waals surface area contributed by atoms with Gasteiger partial charge in [-0.05, 0) is 79.5 Å². The zero-order valence-corrected chi connectivity index (χ0v) is 22.6. The largest absolute Gasteiger partial charge is 0.458 e. The molecule has 0 aliphatic heterocycles. The van der Waals surface area contributed by atoms with Gasteiger partial charge >= 0.3 is 12.1 Å². The summed E-state index contributed by atoms with van der Waals surface area (Å²) in [5.41, 5.74) is 5.97. The Balaban J connectivity index is 1.43. The normalized spacial score (nSPS) is 13.4. The van der Waals surface area contributed by atoms with Gasteiger partial charge in [-0.2, -0.15) is 0 Å². The van der Waals surface area contributed by atoms with E-state index in [1.54, 1.807) is 20.8 Å². The number of carbonyl (C=O) groups excluding carboxylic acids is 2. The molecule has 3 aromatic rings. The minimum absolute atomic E-state index is 0.0580. The molecule has 6 heteroatoms. The molecule has 194 valence electrons. The molecule has 0 heterocycles. The van der Waals surface area contributed by atoms with E-state index < -0.39 is 23.7 Å². The molecule has 3 aromatic carbocycles. The highest BCUT2D eigenvalue weighted by molar-refractivity contribution is 6.31. The lowest BCUT2D eigenvalue weighted by Gasteiger charge is -2.25. The molecular formula is C31H34ClNO4. The molecule has 0 fully saturated rings. The monoisotopic (exact) mass is 519 g/mol. The number of nitrogens with one attached hydrogen (secondary N) is 1. The van der Waals surface area contributed by atoms with Gasteiger partial charge in [0.05, 0.1) is 0 Å². The van der Waals surface area contributed by atoms with Crippen LogP contribution in [0.3, 0.4) is 0 Å². The average Bonchev–Trinajstić information content (AvgIpc) is 3.18. The van der Waals surface area contributed by atoms with Gasteiger partial charge in [-0.3, -0.25) is 0 Å².